The zero-order valence-corrected chi connectivity index (χ0v) is 15.1. The summed E-state index contributed by atoms with van der Waals surface area (Å²) in [5.41, 5.74) is 12.4. The fraction of sp³-hybridized carbons (Fsp3) is 0.188. The maximum Gasteiger partial charge on any atom is 0.332 e. The normalized spacial score (nSPS) is 11.2. The van der Waals surface area contributed by atoms with Gasteiger partial charge in [0, 0.05) is 36.2 Å². The van der Waals surface area contributed by atoms with E-state index in [1.165, 1.54) is 36.9 Å². The van der Waals surface area contributed by atoms with E-state index < -0.39 is 17.1 Å². The van der Waals surface area contributed by atoms with Gasteiger partial charge in [-0.15, -0.1) is 0 Å². The van der Waals surface area contributed by atoms with Gasteiger partial charge < -0.3 is 11.5 Å². The van der Waals surface area contributed by atoms with Crippen LogP contribution in [0.15, 0.2) is 32.3 Å². The largest absolute Gasteiger partial charge is 0.383 e. The van der Waals surface area contributed by atoms with Gasteiger partial charge in [-0.25, -0.2) is 14.2 Å². The van der Waals surface area contributed by atoms with Crippen LogP contribution in [0.3, 0.4) is 0 Å². The Balaban J connectivity index is 2.65. The molecule has 0 radical (unpaired) electrons. The summed E-state index contributed by atoms with van der Waals surface area (Å²) in [6.07, 6.45) is 0. The molecule has 3 rings (SSSR count). The highest BCUT2D eigenvalue weighted by atomic mass is 79.9. The second-order valence-corrected chi connectivity index (χ2v) is 6.44. The molecule has 9 heteroatoms. The molecule has 2 heterocycles. The van der Waals surface area contributed by atoms with Crippen LogP contribution in [-0.2, 0) is 20.6 Å². The van der Waals surface area contributed by atoms with Crippen LogP contribution in [0.5, 0.6) is 0 Å². The Bertz CT molecular complexity index is 1140. The van der Waals surface area contributed by atoms with Gasteiger partial charge in [-0.1, -0.05) is 22.0 Å². The first-order valence-corrected chi connectivity index (χ1v) is 8.10. The Morgan fingerprint density at radius 1 is 1.24 bits per heavy atom. The number of aryl methyl sites for hydroxylation is 1. The number of rotatable bonds is 2. The van der Waals surface area contributed by atoms with Crippen molar-refractivity contribution < 1.29 is 4.39 Å². The van der Waals surface area contributed by atoms with E-state index in [0.29, 0.717) is 21.2 Å². The predicted molar refractivity (Wildman–Crippen MR) is 97.6 cm³/mol. The second kappa shape index (κ2) is 6.08. The van der Waals surface area contributed by atoms with Crippen LogP contribution in [0.2, 0.25) is 0 Å². The van der Waals surface area contributed by atoms with Gasteiger partial charge in [0.25, 0.3) is 5.56 Å². The van der Waals surface area contributed by atoms with Crippen LogP contribution in [0.4, 0.5) is 10.2 Å². The molecule has 0 fully saturated rings. The van der Waals surface area contributed by atoms with Crippen LogP contribution in [0.1, 0.15) is 5.56 Å². The molecule has 0 unspecified atom stereocenters. The van der Waals surface area contributed by atoms with E-state index in [-0.39, 0.29) is 23.4 Å². The van der Waals surface area contributed by atoms with Crippen molar-refractivity contribution in [2.45, 2.75) is 6.54 Å². The van der Waals surface area contributed by atoms with Gasteiger partial charge in [-0.2, -0.15) is 0 Å². The Kier molecular flexibility index (Phi) is 4.21. The van der Waals surface area contributed by atoms with E-state index in [0.717, 1.165) is 4.57 Å². The van der Waals surface area contributed by atoms with Crippen molar-refractivity contribution >= 4 is 32.8 Å². The van der Waals surface area contributed by atoms with Gasteiger partial charge in [0.2, 0.25) is 0 Å². The standard InChI is InChI=1S/C16H15BrFN5O2/c1-22-14-12(15(24)23(2)16(22)25)11(9(6-19)13(20)21-14)8-4-3-7(18)5-10(8)17/h3-5H,6,19H2,1-2H3,(H2,20,21). The minimum Gasteiger partial charge on any atom is -0.383 e. The summed E-state index contributed by atoms with van der Waals surface area (Å²) in [5.74, 6) is -0.318. The van der Waals surface area contributed by atoms with Crippen molar-refractivity contribution in [1.82, 2.24) is 14.1 Å². The molecule has 0 aliphatic heterocycles. The van der Waals surface area contributed by atoms with E-state index >= 15 is 0 Å². The number of aromatic nitrogens is 3. The van der Waals surface area contributed by atoms with Crippen LogP contribution < -0.4 is 22.7 Å². The molecule has 0 aliphatic rings. The second-order valence-electron chi connectivity index (χ2n) is 5.58. The lowest BCUT2D eigenvalue weighted by atomic mass is 9.97. The molecule has 0 amide bonds. The lowest BCUT2D eigenvalue weighted by Gasteiger charge is -2.17. The first kappa shape index (κ1) is 17.3. The third-order valence-electron chi connectivity index (χ3n) is 4.13. The fourth-order valence-electron chi connectivity index (χ4n) is 2.84. The van der Waals surface area contributed by atoms with Crippen molar-refractivity contribution in [3.05, 3.63) is 54.9 Å². The average molecular weight is 408 g/mol. The van der Waals surface area contributed by atoms with Gasteiger partial charge in [0.1, 0.15) is 11.6 Å². The fourth-order valence-corrected chi connectivity index (χ4v) is 3.39. The van der Waals surface area contributed by atoms with Gasteiger partial charge in [0.05, 0.1) is 5.39 Å². The Labute approximate surface area is 149 Å². The third kappa shape index (κ3) is 2.56. The summed E-state index contributed by atoms with van der Waals surface area (Å²) in [5, 5.41) is 0.201. The summed E-state index contributed by atoms with van der Waals surface area (Å²) < 4.78 is 16.2. The zero-order chi connectivity index (χ0) is 18.5. The van der Waals surface area contributed by atoms with Gasteiger partial charge >= 0.3 is 5.69 Å². The molecule has 25 heavy (non-hydrogen) atoms. The van der Waals surface area contributed by atoms with E-state index in [2.05, 4.69) is 20.9 Å². The van der Waals surface area contributed by atoms with Crippen LogP contribution in [-0.4, -0.2) is 14.1 Å². The Morgan fingerprint density at radius 3 is 2.52 bits per heavy atom. The van der Waals surface area contributed by atoms with Crippen molar-refractivity contribution in [2.75, 3.05) is 5.73 Å². The number of hydrogen-bond donors (Lipinski definition) is 2. The number of benzene rings is 1. The molecular formula is C16H15BrFN5O2. The molecule has 0 saturated carbocycles. The maximum atomic E-state index is 13.5. The first-order valence-electron chi connectivity index (χ1n) is 7.31. The summed E-state index contributed by atoms with van der Waals surface area (Å²) in [6.45, 7) is 0.0277. The third-order valence-corrected chi connectivity index (χ3v) is 4.78. The van der Waals surface area contributed by atoms with Crippen molar-refractivity contribution in [2.24, 2.45) is 19.8 Å². The van der Waals surface area contributed by atoms with Crippen LogP contribution in [0, 0.1) is 5.82 Å². The van der Waals surface area contributed by atoms with E-state index in [1.807, 2.05) is 0 Å². The number of hydrogen-bond acceptors (Lipinski definition) is 5. The molecule has 7 nitrogen and oxygen atoms in total. The molecular weight excluding hydrogens is 393 g/mol. The van der Waals surface area contributed by atoms with E-state index in [1.54, 1.807) is 0 Å². The number of halogens is 2. The number of nitrogen functional groups attached to an aromatic ring is 1. The quantitative estimate of drug-likeness (QED) is 0.663. The van der Waals surface area contributed by atoms with Crippen molar-refractivity contribution in [1.29, 1.82) is 0 Å². The summed E-state index contributed by atoms with van der Waals surface area (Å²) >= 11 is 3.31. The summed E-state index contributed by atoms with van der Waals surface area (Å²) in [4.78, 5) is 29.2. The maximum absolute atomic E-state index is 13.5. The van der Waals surface area contributed by atoms with Gasteiger partial charge in [0.15, 0.2) is 5.65 Å². The average Bonchev–Trinajstić information content (AvgIpc) is 2.57. The highest BCUT2D eigenvalue weighted by Gasteiger charge is 2.22. The number of nitrogens with two attached hydrogens (primary N) is 2. The number of nitrogens with zero attached hydrogens (tertiary/aromatic N) is 3. The SMILES string of the molecule is Cn1c(=O)c2c(-c3ccc(F)cc3Br)c(CN)c(N)nc2n(C)c1=O. The van der Waals surface area contributed by atoms with Gasteiger partial charge in [-0.05, 0) is 17.7 Å². The van der Waals surface area contributed by atoms with Gasteiger partial charge in [-0.3, -0.25) is 13.9 Å². The molecule has 0 bridgehead atoms. The molecule has 0 spiro atoms. The summed E-state index contributed by atoms with van der Waals surface area (Å²) in [6, 6.07) is 4.08. The first-order chi connectivity index (χ1) is 11.8. The molecule has 4 N–H and O–H groups in total. The summed E-state index contributed by atoms with van der Waals surface area (Å²) in [7, 11) is 2.88. The minimum absolute atomic E-state index is 0.0277. The smallest absolute Gasteiger partial charge is 0.332 e. The molecule has 130 valence electrons. The topological polar surface area (TPSA) is 109 Å². The zero-order valence-electron chi connectivity index (χ0n) is 13.5. The number of anilines is 1. The van der Waals surface area contributed by atoms with E-state index in [4.69, 9.17) is 11.5 Å². The number of pyridine rings is 1. The van der Waals surface area contributed by atoms with Crippen molar-refractivity contribution in [3.8, 4) is 11.1 Å². The molecule has 2 aromatic heterocycles. The molecule has 0 atom stereocenters. The molecule has 0 saturated heterocycles. The van der Waals surface area contributed by atoms with E-state index in [9.17, 15) is 14.0 Å². The van der Waals surface area contributed by atoms with Crippen LogP contribution >= 0.6 is 15.9 Å². The molecule has 0 aliphatic carbocycles. The Morgan fingerprint density at radius 2 is 1.92 bits per heavy atom. The highest BCUT2D eigenvalue weighted by Crippen LogP contribution is 2.36. The highest BCUT2D eigenvalue weighted by molar-refractivity contribution is 9.10. The molecule has 1 aromatic carbocycles. The van der Waals surface area contributed by atoms with Crippen molar-refractivity contribution in [3.63, 3.8) is 0 Å². The monoisotopic (exact) mass is 407 g/mol. The van der Waals surface area contributed by atoms with Crippen LogP contribution in [0.25, 0.3) is 22.2 Å². The Hall–Kier alpha value is -2.52. The lowest BCUT2D eigenvalue weighted by molar-refractivity contribution is 0.627. The number of fused-ring (bicyclic) bond motifs is 1. The lowest BCUT2D eigenvalue weighted by Crippen LogP contribution is -2.38. The minimum atomic E-state index is -0.522. The predicted octanol–water partition coefficient (Wildman–Crippen LogP) is 1.24. The molecule has 3 aromatic rings.